The monoisotopic (exact) mass is 1180 g/mol. The standard InChI is InChI=1S/C17H23O4.C7H11O5S.C6H9O3.3W/c1-7-14(19)21-13-8-10(2)16(20)12(4)15(13)17(5,6)9-11(3)18;1-3-7(9)12-5-13(10,11)4-6(2)8;1-3-6(8)9-4-5(2)7;;;/h8,20H,3,7,9H2,1-2,4-6H3;2-5H2,1H3;2-4H2,1H3;;;/q3*-1;;;. The van der Waals surface area contributed by atoms with E-state index in [1.807, 2.05) is 13.8 Å². The maximum atomic E-state index is 11.6. The minimum absolute atomic E-state index is 0. The number of carbonyl (C=O) groups is 6. The number of hydrogen-bond acceptors (Lipinski definition) is 12. The van der Waals surface area contributed by atoms with Crippen molar-refractivity contribution in [3.63, 3.8) is 0 Å². The minimum atomic E-state index is -3.64. The molecule has 0 heterocycles. The van der Waals surface area contributed by atoms with Crippen molar-refractivity contribution in [1.82, 2.24) is 0 Å². The number of sulfone groups is 1. The number of aryl methyl sites for hydroxylation is 1. The number of hydrogen-bond donors (Lipinski definition) is 1. The Kier molecular flexibility index (Phi) is 30.3. The largest absolute Gasteiger partial charge is 0.507 e. The van der Waals surface area contributed by atoms with E-state index in [4.69, 9.17) is 4.74 Å². The van der Waals surface area contributed by atoms with Crippen LogP contribution in [0.15, 0.2) is 6.07 Å². The molecule has 0 bridgehead atoms. The molecule has 0 radical (unpaired) electrons. The Morgan fingerprint density at radius 3 is 1.63 bits per heavy atom. The predicted molar refractivity (Wildman–Crippen MR) is 159 cm³/mol. The number of phenolic OH excluding ortho intramolecular Hbond substituents is 1. The van der Waals surface area contributed by atoms with E-state index >= 15 is 0 Å². The van der Waals surface area contributed by atoms with E-state index in [0.717, 1.165) is 0 Å². The Morgan fingerprint density at radius 2 is 1.24 bits per heavy atom. The zero-order chi connectivity index (χ0) is 34.1. The van der Waals surface area contributed by atoms with Gasteiger partial charge in [-0.1, -0.05) is 34.6 Å². The zero-order valence-electron chi connectivity index (χ0n) is 27.2. The summed E-state index contributed by atoms with van der Waals surface area (Å²) in [6.07, 6.45) is 0.862. The van der Waals surface area contributed by atoms with Crippen LogP contribution in [0.25, 0.3) is 0 Å². The number of esters is 3. The summed E-state index contributed by atoms with van der Waals surface area (Å²) in [5.41, 5.74) is 1.34. The number of Topliss-reactive ketones (excluding diaryl/α,β-unsaturated/α-hetero) is 3. The second-order valence-electron chi connectivity index (χ2n) is 9.93. The van der Waals surface area contributed by atoms with E-state index in [2.05, 4.69) is 30.2 Å². The summed E-state index contributed by atoms with van der Waals surface area (Å²) in [6, 6.07) is 1.64. The van der Waals surface area contributed by atoms with Crippen molar-refractivity contribution in [1.29, 1.82) is 0 Å². The SMILES string of the molecule is [CH2-]C(=O)CC(C)(C)c1c(OC(=O)CC)cc(C)c(O)c1C.[CH2-]C(=O)COC(=O)CC.[CH2-]C(=O)CS(=O)(=O)COC(=O)CC.[W].[W].[W]. The molecule has 12 nitrogen and oxygen atoms in total. The molecule has 1 rings (SSSR count). The Labute approximate surface area is 315 Å². The van der Waals surface area contributed by atoms with Crippen LogP contribution >= 0.6 is 0 Å². The Hall–Kier alpha value is -1.94. The summed E-state index contributed by atoms with van der Waals surface area (Å²) in [4.78, 5) is 64.3. The van der Waals surface area contributed by atoms with Gasteiger partial charge in [0.15, 0.2) is 15.8 Å². The van der Waals surface area contributed by atoms with Gasteiger partial charge in [-0.3, -0.25) is 14.4 Å². The van der Waals surface area contributed by atoms with Crippen LogP contribution in [0.4, 0.5) is 0 Å². The van der Waals surface area contributed by atoms with Crippen LogP contribution in [0.2, 0.25) is 0 Å². The van der Waals surface area contributed by atoms with E-state index < -0.39 is 38.7 Å². The Balaban J connectivity index is -0.000000194. The molecule has 0 aliphatic heterocycles. The van der Waals surface area contributed by atoms with Crippen molar-refractivity contribution in [2.75, 3.05) is 18.3 Å². The van der Waals surface area contributed by atoms with Gasteiger partial charge in [0, 0.05) is 99.6 Å². The van der Waals surface area contributed by atoms with Gasteiger partial charge in [-0.2, -0.15) is 0 Å². The quantitative estimate of drug-likeness (QED) is 0.173. The van der Waals surface area contributed by atoms with E-state index in [-0.39, 0.29) is 118 Å². The number of rotatable bonds is 13. The third-order valence-electron chi connectivity index (χ3n) is 5.28. The molecule has 0 amide bonds. The summed E-state index contributed by atoms with van der Waals surface area (Å²) < 4.78 is 36.0. The fourth-order valence-corrected chi connectivity index (χ4v) is 4.33. The maximum absolute atomic E-state index is 11.6. The van der Waals surface area contributed by atoms with Gasteiger partial charge in [0.2, 0.25) is 0 Å². The molecule has 0 saturated carbocycles. The number of benzene rings is 1. The van der Waals surface area contributed by atoms with E-state index in [1.54, 1.807) is 40.7 Å². The van der Waals surface area contributed by atoms with Gasteiger partial charge in [0.05, 0.1) is 5.75 Å². The minimum Gasteiger partial charge on any atom is -0.507 e. The molecule has 0 aliphatic carbocycles. The van der Waals surface area contributed by atoms with Gasteiger partial charge in [-0.25, -0.2) is 8.42 Å². The Morgan fingerprint density at radius 1 is 0.783 bits per heavy atom. The average Bonchev–Trinajstić information content (AvgIpc) is 2.87. The van der Waals surface area contributed by atoms with Crippen LogP contribution in [0.1, 0.15) is 77.0 Å². The molecule has 0 aromatic heterocycles. The van der Waals surface area contributed by atoms with E-state index in [9.17, 15) is 42.3 Å². The molecular weight excluding hydrogens is 1140 g/mol. The van der Waals surface area contributed by atoms with Crippen LogP contribution in [-0.2, 0) is 117 Å². The molecule has 1 aromatic carbocycles. The first-order valence-corrected chi connectivity index (χ1v) is 15.1. The van der Waals surface area contributed by atoms with Crippen molar-refractivity contribution in [2.45, 2.75) is 79.6 Å². The Bertz CT molecular complexity index is 1280. The van der Waals surface area contributed by atoms with Crippen molar-refractivity contribution < 1.29 is 120 Å². The number of aromatic hydroxyl groups is 1. The van der Waals surface area contributed by atoms with Gasteiger partial charge >= 0.3 is 17.9 Å². The molecule has 0 aliphatic rings. The molecule has 262 valence electrons. The summed E-state index contributed by atoms with van der Waals surface area (Å²) in [6.45, 7) is 21.3. The fraction of sp³-hybridized carbons (Fsp3) is 0.500. The second kappa shape index (κ2) is 26.1. The van der Waals surface area contributed by atoms with Gasteiger partial charge in [0.25, 0.3) is 0 Å². The second-order valence-corrected chi connectivity index (χ2v) is 11.9. The smallest absolute Gasteiger partial charge is 0.310 e. The first-order valence-electron chi connectivity index (χ1n) is 13.2. The van der Waals surface area contributed by atoms with Crippen molar-refractivity contribution >= 4 is 45.1 Å². The van der Waals surface area contributed by atoms with Gasteiger partial charge in [-0.05, 0) is 48.7 Å². The molecule has 1 N–H and O–H groups in total. The number of ether oxygens (including phenoxy) is 3. The first-order chi connectivity index (χ1) is 19.6. The van der Waals surface area contributed by atoms with Crippen LogP contribution in [0, 0.1) is 34.6 Å². The normalized spacial score (nSPS) is 9.89. The molecule has 0 fully saturated rings. The van der Waals surface area contributed by atoms with E-state index in [0.29, 0.717) is 28.9 Å². The van der Waals surface area contributed by atoms with Gasteiger partial charge < -0.3 is 54.5 Å². The number of ketones is 3. The molecule has 46 heavy (non-hydrogen) atoms. The van der Waals surface area contributed by atoms with Crippen molar-refractivity contribution in [2.24, 2.45) is 0 Å². The molecular formula is C30H43O12SW3-3. The van der Waals surface area contributed by atoms with Gasteiger partial charge in [0.1, 0.15) is 18.1 Å². The van der Waals surface area contributed by atoms with Crippen molar-refractivity contribution in [3.8, 4) is 11.5 Å². The first kappa shape index (κ1) is 53.6. The molecule has 1 aromatic rings. The molecule has 0 spiro atoms. The van der Waals surface area contributed by atoms with Gasteiger partial charge in [-0.15, -0.1) is 0 Å². The number of phenols is 1. The summed E-state index contributed by atoms with van der Waals surface area (Å²) in [5, 5.41) is 10.2. The van der Waals surface area contributed by atoms with Crippen LogP contribution in [0.5, 0.6) is 11.5 Å². The topological polar surface area (TPSA) is 184 Å². The summed E-state index contributed by atoms with van der Waals surface area (Å²) >= 11 is 0. The summed E-state index contributed by atoms with van der Waals surface area (Å²) in [7, 11) is -3.64. The summed E-state index contributed by atoms with van der Waals surface area (Å²) in [5.74, 6) is -3.50. The van der Waals surface area contributed by atoms with Crippen molar-refractivity contribution in [3.05, 3.63) is 43.5 Å². The average molecular weight is 1180 g/mol. The third kappa shape index (κ3) is 23.4. The van der Waals surface area contributed by atoms with Crippen LogP contribution < -0.4 is 4.74 Å². The van der Waals surface area contributed by atoms with E-state index in [1.165, 1.54) is 0 Å². The van der Waals surface area contributed by atoms with Crippen LogP contribution in [0.3, 0.4) is 0 Å². The molecule has 0 saturated heterocycles. The predicted octanol–water partition coefficient (Wildman–Crippen LogP) is 3.45. The molecule has 0 atom stereocenters. The number of carbonyl (C=O) groups excluding carboxylic acids is 6. The van der Waals surface area contributed by atoms with Crippen LogP contribution in [-0.4, -0.2) is 67.1 Å². The maximum Gasteiger partial charge on any atom is 0.310 e. The molecule has 16 heteroatoms. The third-order valence-corrected chi connectivity index (χ3v) is 6.52. The fourth-order valence-electron chi connectivity index (χ4n) is 3.44. The zero-order valence-corrected chi connectivity index (χ0v) is 36.8. The molecule has 0 unspecified atom stereocenters.